The van der Waals surface area contributed by atoms with Crippen molar-refractivity contribution in [2.24, 2.45) is 0 Å². The summed E-state index contributed by atoms with van der Waals surface area (Å²) in [6, 6.07) is 10.00. The van der Waals surface area contributed by atoms with Crippen LogP contribution in [0.15, 0.2) is 47.2 Å². The number of benzene rings is 1. The highest BCUT2D eigenvalue weighted by molar-refractivity contribution is 9.10. The summed E-state index contributed by atoms with van der Waals surface area (Å²) in [5.41, 5.74) is 9.16. The van der Waals surface area contributed by atoms with Gasteiger partial charge >= 0.3 is 0 Å². The van der Waals surface area contributed by atoms with Gasteiger partial charge < -0.3 is 10.3 Å². The quantitative estimate of drug-likeness (QED) is 0.808. The fourth-order valence-corrected chi connectivity index (χ4v) is 2.49. The molecule has 0 aliphatic rings. The van der Waals surface area contributed by atoms with Gasteiger partial charge in [-0.1, -0.05) is 22.0 Å². The Kier molecular flexibility index (Phi) is 3.21. The molecule has 0 amide bonds. The lowest BCUT2D eigenvalue weighted by Crippen LogP contribution is -2.05. The summed E-state index contributed by atoms with van der Waals surface area (Å²) in [6.07, 6.45) is 4.54. The first-order valence-corrected chi connectivity index (χ1v) is 6.83. The van der Waals surface area contributed by atoms with Crippen molar-refractivity contribution in [3.05, 3.63) is 52.8 Å². The number of nitrogen functional groups attached to an aromatic ring is 1. The lowest BCUT2D eigenvalue weighted by molar-refractivity contribution is 0.724. The van der Waals surface area contributed by atoms with Crippen LogP contribution in [0.3, 0.4) is 0 Å². The molecular weight excluding hydrogens is 304 g/mol. The van der Waals surface area contributed by atoms with Crippen molar-refractivity contribution in [1.29, 1.82) is 0 Å². The first-order chi connectivity index (χ1) is 9.24. The zero-order valence-corrected chi connectivity index (χ0v) is 11.8. The summed E-state index contributed by atoms with van der Waals surface area (Å²) in [7, 11) is 0. The van der Waals surface area contributed by atoms with Gasteiger partial charge in [0.05, 0.1) is 11.0 Å². The molecule has 2 heterocycles. The van der Waals surface area contributed by atoms with Crippen LogP contribution in [0.1, 0.15) is 5.56 Å². The second-order valence-corrected chi connectivity index (χ2v) is 5.28. The van der Waals surface area contributed by atoms with E-state index in [1.807, 2.05) is 35.0 Å². The Hall–Kier alpha value is -1.88. The lowest BCUT2D eigenvalue weighted by atomic mass is 10.2. The number of pyridine rings is 1. The summed E-state index contributed by atoms with van der Waals surface area (Å²) in [5, 5.41) is 0. The molecule has 1 aromatic carbocycles. The smallest absolute Gasteiger partial charge is 0.201 e. The number of imidazole rings is 1. The van der Waals surface area contributed by atoms with Gasteiger partial charge in [-0.25, -0.2) is 4.98 Å². The fraction of sp³-hybridized carbons (Fsp3) is 0.143. The molecule has 4 nitrogen and oxygen atoms in total. The van der Waals surface area contributed by atoms with Crippen LogP contribution in [0, 0.1) is 0 Å². The van der Waals surface area contributed by atoms with Gasteiger partial charge in [-0.2, -0.15) is 0 Å². The second-order valence-electron chi connectivity index (χ2n) is 4.37. The van der Waals surface area contributed by atoms with E-state index in [9.17, 15) is 0 Å². The van der Waals surface area contributed by atoms with Gasteiger partial charge in [-0.15, -0.1) is 0 Å². The minimum atomic E-state index is 0.553. The summed E-state index contributed by atoms with van der Waals surface area (Å²) in [5.74, 6) is 0.553. The van der Waals surface area contributed by atoms with E-state index in [0.717, 1.165) is 28.5 Å². The van der Waals surface area contributed by atoms with Crippen LogP contribution < -0.4 is 5.73 Å². The third kappa shape index (κ3) is 2.46. The lowest BCUT2D eigenvalue weighted by Gasteiger charge is -2.06. The number of nitrogens with zero attached hydrogens (tertiary/aromatic N) is 3. The van der Waals surface area contributed by atoms with E-state index >= 15 is 0 Å². The Morgan fingerprint density at radius 3 is 2.95 bits per heavy atom. The third-order valence-electron chi connectivity index (χ3n) is 3.09. The number of aromatic nitrogens is 3. The van der Waals surface area contributed by atoms with Gasteiger partial charge in [0, 0.05) is 23.4 Å². The topological polar surface area (TPSA) is 56.7 Å². The normalized spacial score (nSPS) is 11.0. The number of hydrogen-bond acceptors (Lipinski definition) is 3. The Labute approximate surface area is 119 Å². The minimum Gasteiger partial charge on any atom is -0.369 e. The van der Waals surface area contributed by atoms with E-state index in [1.54, 1.807) is 6.20 Å². The van der Waals surface area contributed by atoms with Crippen LogP contribution >= 0.6 is 15.9 Å². The van der Waals surface area contributed by atoms with Gasteiger partial charge in [-0.3, -0.25) is 4.98 Å². The Morgan fingerprint density at radius 1 is 1.26 bits per heavy atom. The molecule has 0 atom stereocenters. The Bertz CT molecular complexity index is 706. The SMILES string of the molecule is Nc1nc2ccc(Br)cc2n1CCc1cccnc1. The van der Waals surface area contributed by atoms with Gasteiger partial charge in [0.2, 0.25) is 5.95 Å². The number of aryl methyl sites for hydroxylation is 2. The molecule has 0 spiro atoms. The first kappa shape index (κ1) is 12.2. The largest absolute Gasteiger partial charge is 0.369 e. The van der Waals surface area contributed by atoms with E-state index in [0.29, 0.717) is 5.95 Å². The van der Waals surface area contributed by atoms with Crippen molar-refractivity contribution in [3.8, 4) is 0 Å². The molecule has 0 saturated heterocycles. The molecule has 3 rings (SSSR count). The van der Waals surface area contributed by atoms with E-state index in [2.05, 4.69) is 32.0 Å². The molecule has 0 fully saturated rings. The molecule has 3 aromatic rings. The summed E-state index contributed by atoms with van der Waals surface area (Å²) in [6.45, 7) is 0.796. The van der Waals surface area contributed by atoms with E-state index < -0.39 is 0 Å². The number of hydrogen-bond donors (Lipinski definition) is 1. The van der Waals surface area contributed by atoms with Crippen molar-refractivity contribution >= 4 is 32.9 Å². The van der Waals surface area contributed by atoms with Gasteiger partial charge in [0.25, 0.3) is 0 Å². The average Bonchev–Trinajstić information content (AvgIpc) is 2.73. The summed E-state index contributed by atoms with van der Waals surface area (Å²) < 4.78 is 3.06. The zero-order valence-electron chi connectivity index (χ0n) is 10.3. The van der Waals surface area contributed by atoms with Crippen LogP contribution in [0.2, 0.25) is 0 Å². The maximum Gasteiger partial charge on any atom is 0.201 e. The molecule has 0 saturated carbocycles. The predicted molar refractivity (Wildman–Crippen MR) is 79.8 cm³/mol. The molecule has 0 aliphatic carbocycles. The third-order valence-corrected chi connectivity index (χ3v) is 3.58. The maximum absolute atomic E-state index is 5.99. The van der Waals surface area contributed by atoms with Crippen molar-refractivity contribution in [2.45, 2.75) is 13.0 Å². The van der Waals surface area contributed by atoms with Crippen LogP contribution in [-0.2, 0) is 13.0 Å². The Morgan fingerprint density at radius 2 is 2.16 bits per heavy atom. The number of anilines is 1. The minimum absolute atomic E-state index is 0.553. The highest BCUT2D eigenvalue weighted by Crippen LogP contribution is 2.22. The number of fused-ring (bicyclic) bond motifs is 1. The monoisotopic (exact) mass is 316 g/mol. The molecule has 0 aliphatic heterocycles. The molecule has 0 radical (unpaired) electrons. The second kappa shape index (κ2) is 5.01. The Balaban J connectivity index is 1.92. The van der Waals surface area contributed by atoms with Crippen LogP contribution in [0.25, 0.3) is 11.0 Å². The number of rotatable bonds is 3. The van der Waals surface area contributed by atoms with Crippen LogP contribution in [0.4, 0.5) is 5.95 Å². The molecule has 0 unspecified atom stereocenters. The van der Waals surface area contributed by atoms with E-state index in [1.165, 1.54) is 5.56 Å². The zero-order chi connectivity index (χ0) is 13.2. The number of halogens is 1. The number of nitrogens with two attached hydrogens (primary N) is 1. The van der Waals surface area contributed by atoms with Gasteiger partial charge in [0.1, 0.15) is 0 Å². The van der Waals surface area contributed by atoms with E-state index in [4.69, 9.17) is 5.73 Å². The standard InChI is InChI=1S/C14H13BrN4/c15-11-3-4-12-13(8-11)19(14(16)18-12)7-5-10-2-1-6-17-9-10/h1-4,6,8-9H,5,7H2,(H2,16,18). The van der Waals surface area contributed by atoms with Crippen molar-refractivity contribution in [1.82, 2.24) is 14.5 Å². The van der Waals surface area contributed by atoms with Gasteiger partial charge in [0.15, 0.2) is 0 Å². The molecular formula is C14H13BrN4. The predicted octanol–water partition coefficient (Wildman–Crippen LogP) is 3.02. The van der Waals surface area contributed by atoms with Crippen molar-refractivity contribution in [2.75, 3.05) is 5.73 Å². The molecule has 96 valence electrons. The fourth-order valence-electron chi connectivity index (χ4n) is 2.14. The average molecular weight is 317 g/mol. The molecule has 0 bridgehead atoms. The maximum atomic E-state index is 5.99. The molecule has 2 aromatic heterocycles. The highest BCUT2D eigenvalue weighted by atomic mass is 79.9. The van der Waals surface area contributed by atoms with Gasteiger partial charge in [-0.05, 0) is 36.2 Å². The van der Waals surface area contributed by atoms with E-state index in [-0.39, 0.29) is 0 Å². The highest BCUT2D eigenvalue weighted by Gasteiger charge is 2.08. The molecule has 2 N–H and O–H groups in total. The molecule has 19 heavy (non-hydrogen) atoms. The van der Waals surface area contributed by atoms with Crippen LogP contribution in [0.5, 0.6) is 0 Å². The van der Waals surface area contributed by atoms with Crippen molar-refractivity contribution < 1.29 is 0 Å². The first-order valence-electron chi connectivity index (χ1n) is 6.04. The van der Waals surface area contributed by atoms with Crippen LogP contribution in [-0.4, -0.2) is 14.5 Å². The summed E-state index contributed by atoms with van der Waals surface area (Å²) >= 11 is 3.48. The summed E-state index contributed by atoms with van der Waals surface area (Å²) in [4.78, 5) is 8.49. The van der Waals surface area contributed by atoms with Crippen molar-refractivity contribution in [3.63, 3.8) is 0 Å². The molecule has 5 heteroatoms.